The first kappa shape index (κ1) is 13.2. The van der Waals surface area contributed by atoms with Gasteiger partial charge in [-0.3, -0.25) is 0 Å². The average Bonchev–Trinajstić information content (AvgIpc) is 2.34. The third-order valence-electron chi connectivity index (χ3n) is 2.83. The van der Waals surface area contributed by atoms with Crippen LogP contribution in [0, 0.1) is 6.92 Å². The monoisotopic (exact) mass is 257 g/mol. The summed E-state index contributed by atoms with van der Waals surface area (Å²) in [6.07, 6.45) is 0.926. The van der Waals surface area contributed by atoms with E-state index in [0.717, 1.165) is 6.42 Å². The summed E-state index contributed by atoms with van der Waals surface area (Å²) >= 11 is 1.83. The molecule has 2 rings (SSSR count). The lowest BCUT2D eigenvalue weighted by Crippen LogP contribution is -2.18. The van der Waals surface area contributed by atoms with Crippen molar-refractivity contribution in [2.45, 2.75) is 36.1 Å². The second kappa shape index (κ2) is 6.07. The molecular weight excluding hydrogens is 238 g/mol. The predicted octanol–water partition coefficient (Wildman–Crippen LogP) is 4.04. The standard InChI is InChI=1S/C16H19NS/c1-12-7-3-5-9-15(12)18-16-10-6-4-8-14(16)11-13(2)17/h3-10,13H,11,17H2,1-2H3. The molecule has 18 heavy (non-hydrogen) atoms. The Bertz CT molecular complexity index is 520. The van der Waals surface area contributed by atoms with Crippen LogP contribution in [0.5, 0.6) is 0 Å². The molecule has 0 saturated carbocycles. The number of benzene rings is 2. The molecule has 2 N–H and O–H groups in total. The first-order valence-corrected chi connectivity index (χ1v) is 7.05. The van der Waals surface area contributed by atoms with Crippen molar-refractivity contribution < 1.29 is 0 Å². The highest BCUT2D eigenvalue weighted by atomic mass is 32.2. The molecule has 2 heteroatoms. The van der Waals surface area contributed by atoms with E-state index in [0.29, 0.717) is 0 Å². The molecule has 2 aromatic carbocycles. The number of nitrogens with two attached hydrogens (primary N) is 1. The van der Waals surface area contributed by atoms with E-state index >= 15 is 0 Å². The Morgan fingerprint density at radius 3 is 2.28 bits per heavy atom. The van der Waals surface area contributed by atoms with Crippen LogP contribution in [0.2, 0.25) is 0 Å². The smallest absolute Gasteiger partial charge is 0.0155 e. The second-order valence-electron chi connectivity index (χ2n) is 4.66. The molecule has 0 aliphatic heterocycles. The number of hydrogen-bond acceptors (Lipinski definition) is 2. The summed E-state index contributed by atoms with van der Waals surface area (Å²) in [6.45, 7) is 4.20. The Balaban J connectivity index is 2.26. The van der Waals surface area contributed by atoms with E-state index in [1.54, 1.807) is 0 Å². The highest BCUT2D eigenvalue weighted by Crippen LogP contribution is 2.32. The van der Waals surface area contributed by atoms with Crippen molar-refractivity contribution >= 4 is 11.8 Å². The summed E-state index contributed by atoms with van der Waals surface area (Å²) in [6, 6.07) is 17.2. The minimum absolute atomic E-state index is 0.198. The van der Waals surface area contributed by atoms with Crippen LogP contribution in [0.4, 0.5) is 0 Å². The van der Waals surface area contributed by atoms with E-state index in [1.165, 1.54) is 20.9 Å². The highest BCUT2D eigenvalue weighted by molar-refractivity contribution is 7.99. The molecule has 0 aliphatic rings. The van der Waals surface area contributed by atoms with E-state index in [1.807, 2.05) is 11.8 Å². The maximum Gasteiger partial charge on any atom is 0.0155 e. The minimum atomic E-state index is 0.198. The van der Waals surface area contributed by atoms with Crippen LogP contribution >= 0.6 is 11.8 Å². The topological polar surface area (TPSA) is 26.0 Å². The van der Waals surface area contributed by atoms with Gasteiger partial charge in [0.2, 0.25) is 0 Å². The van der Waals surface area contributed by atoms with Crippen LogP contribution in [0.15, 0.2) is 58.3 Å². The Morgan fingerprint density at radius 2 is 1.61 bits per heavy atom. The maximum atomic E-state index is 5.91. The van der Waals surface area contributed by atoms with E-state index in [9.17, 15) is 0 Å². The van der Waals surface area contributed by atoms with Gasteiger partial charge >= 0.3 is 0 Å². The molecule has 94 valence electrons. The first-order chi connectivity index (χ1) is 8.66. The van der Waals surface area contributed by atoms with Crippen LogP contribution in [0.25, 0.3) is 0 Å². The van der Waals surface area contributed by atoms with E-state index in [-0.39, 0.29) is 6.04 Å². The van der Waals surface area contributed by atoms with E-state index in [2.05, 4.69) is 62.4 Å². The number of rotatable bonds is 4. The van der Waals surface area contributed by atoms with Gasteiger partial charge in [-0.05, 0) is 43.5 Å². The zero-order valence-corrected chi connectivity index (χ0v) is 11.7. The largest absolute Gasteiger partial charge is 0.328 e. The van der Waals surface area contributed by atoms with Crippen LogP contribution in [-0.4, -0.2) is 6.04 Å². The zero-order valence-electron chi connectivity index (χ0n) is 10.9. The fraction of sp³-hybridized carbons (Fsp3) is 0.250. The van der Waals surface area contributed by atoms with Gasteiger partial charge in [0.05, 0.1) is 0 Å². The molecular formula is C16H19NS. The third kappa shape index (κ3) is 3.37. The summed E-state index contributed by atoms with van der Waals surface area (Å²) in [5, 5.41) is 0. The van der Waals surface area contributed by atoms with E-state index in [4.69, 9.17) is 5.73 Å². The Hall–Kier alpha value is -1.25. The van der Waals surface area contributed by atoms with Crippen LogP contribution in [0.1, 0.15) is 18.1 Å². The fourth-order valence-electron chi connectivity index (χ4n) is 1.91. The molecule has 0 saturated heterocycles. The summed E-state index contributed by atoms with van der Waals surface area (Å²) < 4.78 is 0. The van der Waals surface area contributed by atoms with Crippen molar-refractivity contribution in [3.63, 3.8) is 0 Å². The predicted molar refractivity (Wildman–Crippen MR) is 79.1 cm³/mol. The molecule has 1 nitrogen and oxygen atoms in total. The van der Waals surface area contributed by atoms with Crippen LogP contribution in [-0.2, 0) is 6.42 Å². The summed E-state index contributed by atoms with van der Waals surface area (Å²) in [4.78, 5) is 2.62. The van der Waals surface area contributed by atoms with Crippen molar-refractivity contribution in [2.75, 3.05) is 0 Å². The molecule has 0 aliphatic carbocycles. The summed E-state index contributed by atoms with van der Waals surface area (Å²) in [5.74, 6) is 0. The Labute approximate surface area is 113 Å². The SMILES string of the molecule is Cc1ccccc1Sc1ccccc1CC(C)N. The van der Waals surface area contributed by atoms with Crippen LogP contribution < -0.4 is 5.73 Å². The Morgan fingerprint density at radius 1 is 1.00 bits per heavy atom. The highest BCUT2D eigenvalue weighted by Gasteiger charge is 2.07. The molecule has 0 amide bonds. The molecule has 0 heterocycles. The lowest BCUT2D eigenvalue weighted by atomic mass is 10.1. The molecule has 0 spiro atoms. The molecule has 1 unspecified atom stereocenters. The van der Waals surface area contributed by atoms with Gasteiger partial charge in [0.15, 0.2) is 0 Å². The van der Waals surface area contributed by atoms with Gasteiger partial charge in [0.1, 0.15) is 0 Å². The van der Waals surface area contributed by atoms with Crippen molar-refractivity contribution in [1.82, 2.24) is 0 Å². The number of aryl methyl sites for hydroxylation is 1. The van der Waals surface area contributed by atoms with E-state index < -0.39 is 0 Å². The lowest BCUT2D eigenvalue weighted by Gasteiger charge is -2.12. The number of hydrogen-bond donors (Lipinski definition) is 1. The quantitative estimate of drug-likeness (QED) is 0.894. The molecule has 0 aromatic heterocycles. The van der Waals surface area contributed by atoms with Gasteiger partial charge in [0.25, 0.3) is 0 Å². The molecule has 0 fully saturated rings. The maximum absolute atomic E-state index is 5.91. The fourth-order valence-corrected chi connectivity index (χ4v) is 2.95. The van der Waals surface area contributed by atoms with Gasteiger partial charge in [-0.15, -0.1) is 0 Å². The Kier molecular flexibility index (Phi) is 4.45. The molecule has 2 aromatic rings. The molecule has 1 atom stereocenters. The molecule has 0 bridgehead atoms. The van der Waals surface area contributed by atoms with Crippen molar-refractivity contribution in [1.29, 1.82) is 0 Å². The average molecular weight is 257 g/mol. The van der Waals surface area contributed by atoms with Crippen molar-refractivity contribution in [2.24, 2.45) is 5.73 Å². The first-order valence-electron chi connectivity index (χ1n) is 6.24. The van der Waals surface area contributed by atoms with Gasteiger partial charge in [-0.25, -0.2) is 0 Å². The normalized spacial score (nSPS) is 12.4. The van der Waals surface area contributed by atoms with Gasteiger partial charge < -0.3 is 5.73 Å². The zero-order chi connectivity index (χ0) is 13.0. The van der Waals surface area contributed by atoms with Gasteiger partial charge in [-0.2, -0.15) is 0 Å². The second-order valence-corrected chi connectivity index (χ2v) is 5.74. The third-order valence-corrected chi connectivity index (χ3v) is 4.12. The van der Waals surface area contributed by atoms with Gasteiger partial charge in [0, 0.05) is 15.8 Å². The van der Waals surface area contributed by atoms with Crippen molar-refractivity contribution in [3.8, 4) is 0 Å². The molecule has 0 radical (unpaired) electrons. The van der Waals surface area contributed by atoms with Gasteiger partial charge in [-0.1, -0.05) is 48.2 Å². The van der Waals surface area contributed by atoms with Crippen LogP contribution in [0.3, 0.4) is 0 Å². The summed E-state index contributed by atoms with van der Waals surface area (Å²) in [7, 11) is 0. The summed E-state index contributed by atoms with van der Waals surface area (Å²) in [5.41, 5.74) is 8.56. The minimum Gasteiger partial charge on any atom is -0.328 e. The van der Waals surface area contributed by atoms with Crippen molar-refractivity contribution in [3.05, 3.63) is 59.7 Å². The lowest BCUT2D eigenvalue weighted by molar-refractivity contribution is 0.729.